The van der Waals surface area contributed by atoms with Crippen LogP contribution in [0.2, 0.25) is 0 Å². The van der Waals surface area contributed by atoms with Crippen LogP contribution in [0.1, 0.15) is 12.8 Å². The average molecular weight is 502 g/mol. The smallest absolute Gasteiger partial charge is 0.282 e. The van der Waals surface area contributed by atoms with Crippen molar-refractivity contribution in [3.63, 3.8) is 0 Å². The SMILES string of the molecule is COc1ccc(-c2cnsc2-c2cc(OC)c(OC)c(OC)c2)cc1NC(=O)[C@H]([NH3+])CCC(N)=O. The summed E-state index contributed by atoms with van der Waals surface area (Å²) in [6.07, 6.45) is 2.09. The molecule has 10 nitrogen and oxygen atoms in total. The predicted octanol–water partition coefficient (Wildman–Crippen LogP) is 2.33. The van der Waals surface area contributed by atoms with Crippen LogP contribution < -0.4 is 35.7 Å². The van der Waals surface area contributed by atoms with E-state index in [9.17, 15) is 9.59 Å². The van der Waals surface area contributed by atoms with Crippen molar-refractivity contribution in [2.75, 3.05) is 33.8 Å². The molecular formula is C24H29N4O6S+. The van der Waals surface area contributed by atoms with Crippen LogP contribution in [0.3, 0.4) is 0 Å². The summed E-state index contributed by atoms with van der Waals surface area (Å²) < 4.78 is 26.2. The number of primary amides is 1. The Morgan fingerprint density at radius 3 is 2.23 bits per heavy atom. The molecule has 3 aromatic rings. The molecule has 2 amide bonds. The van der Waals surface area contributed by atoms with E-state index in [0.29, 0.717) is 28.7 Å². The first-order chi connectivity index (χ1) is 16.8. The molecular weight excluding hydrogens is 472 g/mol. The first-order valence-corrected chi connectivity index (χ1v) is 11.5. The average Bonchev–Trinajstić information content (AvgIpc) is 3.36. The molecule has 11 heteroatoms. The van der Waals surface area contributed by atoms with Crippen LogP contribution in [-0.2, 0) is 9.59 Å². The minimum atomic E-state index is -0.645. The minimum absolute atomic E-state index is 0.0808. The maximum absolute atomic E-state index is 12.6. The molecule has 1 atom stereocenters. The Kier molecular flexibility index (Phi) is 8.50. The van der Waals surface area contributed by atoms with E-state index in [1.54, 1.807) is 33.6 Å². The monoisotopic (exact) mass is 501 g/mol. The Morgan fingerprint density at radius 2 is 1.66 bits per heavy atom. The van der Waals surface area contributed by atoms with Gasteiger partial charge in [0, 0.05) is 30.2 Å². The van der Waals surface area contributed by atoms with E-state index in [1.165, 1.54) is 18.6 Å². The van der Waals surface area contributed by atoms with Crippen LogP contribution in [0.4, 0.5) is 5.69 Å². The maximum Gasteiger partial charge on any atom is 0.282 e. The predicted molar refractivity (Wildman–Crippen MR) is 133 cm³/mol. The molecule has 0 spiro atoms. The van der Waals surface area contributed by atoms with Crippen LogP contribution in [0.15, 0.2) is 36.5 Å². The van der Waals surface area contributed by atoms with E-state index in [-0.39, 0.29) is 18.7 Å². The van der Waals surface area contributed by atoms with E-state index in [2.05, 4.69) is 15.4 Å². The summed E-state index contributed by atoms with van der Waals surface area (Å²) in [5.74, 6) is 1.23. The first kappa shape index (κ1) is 25.8. The highest BCUT2D eigenvalue weighted by Crippen LogP contribution is 2.45. The lowest BCUT2D eigenvalue weighted by Gasteiger charge is -2.15. The van der Waals surface area contributed by atoms with Gasteiger partial charge in [-0.05, 0) is 41.4 Å². The molecule has 0 aliphatic carbocycles. The third-order valence-electron chi connectivity index (χ3n) is 5.38. The number of benzene rings is 2. The fourth-order valence-corrected chi connectivity index (χ4v) is 4.28. The molecule has 1 heterocycles. The second-order valence-corrected chi connectivity index (χ2v) is 8.39. The number of hydrogen-bond donors (Lipinski definition) is 3. The van der Waals surface area contributed by atoms with Crippen molar-refractivity contribution < 1.29 is 34.3 Å². The fraction of sp³-hybridized carbons (Fsp3) is 0.292. The summed E-state index contributed by atoms with van der Waals surface area (Å²) in [4.78, 5) is 24.6. The van der Waals surface area contributed by atoms with Crippen molar-refractivity contribution in [3.05, 3.63) is 36.5 Å². The van der Waals surface area contributed by atoms with Gasteiger partial charge in [-0.3, -0.25) is 9.59 Å². The summed E-state index contributed by atoms with van der Waals surface area (Å²) in [5.41, 5.74) is 12.0. The highest BCUT2D eigenvalue weighted by Gasteiger charge is 2.22. The highest BCUT2D eigenvalue weighted by atomic mass is 32.1. The lowest BCUT2D eigenvalue weighted by atomic mass is 10.0. The molecule has 186 valence electrons. The molecule has 0 aliphatic rings. The molecule has 2 aromatic carbocycles. The number of nitrogens with one attached hydrogen (secondary N) is 1. The third kappa shape index (κ3) is 5.81. The summed E-state index contributed by atoms with van der Waals surface area (Å²) in [6, 6.07) is 8.53. The van der Waals surface area contributed by atoms with Crippen LogP contribution in [0, 0.1) is 0 Å². The van der Waals surface area contributed by atoms with Gasteiger partial charge < -0.3 is 35.7 Å². The number of carbonyl (C=O) groups is 2. The zero-order chi connectivity index (χ0) is 25.5. The molecule has 3 rings (SSSR count). The van der Waals surface area contributed by atoms with E-state index >= 15 is 0 Å². The number of ether oxygens (including phenoxy) is 4. The van der Waals surface area contributed by atoms with Crippen molar-refractivity contribution in [1.82, 2.24) is 4.37 Å². The quantitative estimate of drug-likeness (QED) is 0.365. The zero-order valence-corrected chi connectivity index (χ0v) is 20.9. The Morgan fingerprint density at radius 1 is 1.00 bits per heavy atom. The summed E-state index contributed by atoms with van der Waals surface area (Å²) in [6.45, 7) is 0. The lowest BCUT2D eigenvalue weighted by Crippen LogP contribution is -2.66. The van der Waals surface area contributed by atoms with Crippen molar-refractivity contribution in [3.8, 4) is 44.6 Å². The van der Waals surface area contributed by atoms with Gasteiger partial charge in [-0.25, -0.2) is 0 Å². The van der Waals surface area contributed by atoms with Crippen LogP contribution >= 0.6 is 11.5 Å². The van der Waals surface area contributed by atoms with Gasteiger partial charge in [-0.2, -0.15) is 4.37 Å². The molecule has 0 saturated heterocycles. The number of anilines is 1. The molecule has 0 aliphatic heterocycles. The van der Waals surface area contributed by atoms with Gasteiger partial charge in [0.05, 0.1) is 39.0 Å². The Hall–Kier alpha value is -3.83. The Labute approximate surface area is 207 Å². The van der Waals surface area contributed by atoms with Gasteiger partial charge in [-0.15, -0.1) is 0 Å². The normalized spacial score (nSPS) is 11.5. The number of nitrogens with two attached hydrogens (primary N) is 1. The second-order valence-electron chi connectivity index (χ2n) is 7.59. The number of quaternary nitrogens is 1. The Bertz CT molecular complexity index is 1190. The molecule has 0 fully saturated rings. The van der Waals surface area contributed by atoms with E-state index < -0.39 is 11.9 Å². The summed E-state index contributed by atoms with van der Waals surface area (Å²) in [5, 5.41) is 2.85. The lowest BCUT2D eigenvalue weighted by molar-refractivity contribution is -0.403. The van der Waals surface area contributed by atoms with Gasteiger partial charge in [0.1, 0.15) is 5.75 Å². The van der Waals surface area contributed by atoms with Gasteiger partial charge >= 0.3 is 0 Å². The Balaban J connectivity index is 1.98. The number of aromatic nitrogens is 1. The van der Waals surface area contributed by atoms with Crippen molar-refractivity contribution in [2.45, 2.75) is 18.9 Å². The van der Waals surface area contributed by atoms with Crippen molar-refractivity contribution in [1.29, 1.82) is 0 Å². The molecule has 0 radical (unpaired) electrons. The summed E-state index contributed by atoms with van der Waals surface area (Å²) >= 11 is 1.32. The first-order valence-electron chi connectivity index (χ1n) is 10.7. The molecule has 0 unspecified atom stereocenters. The van der Waals surface area contributed by atoms with Crippen LogP contribution in [0.5, 0.6) is 23.0 Å². The number of carbonyl (C=O) groups excluding carboxylic acids is 2. The van der Waals surface area contributed by atoms with Gasteiger partial charge in [-0.1, -0.05) is 6.07 Å². The second kappa shape index (κ2) is 11.5. The molecule has 6 N–H and O–H groups in total. The molecule has 0 bridgehead atoms. The molecule has 35 heavy (non-hydrogen) atoms. The van der Waals surface area contributed by atoms with E-state index in [4.69, 9.17) is 24.7 Å². The number of rotatable bonds is 11. The number of nitrogens with zero attached hydrogens (tertiary/aromatic N) is 1. The minimum Gasteiger partial charge on any atom is -0.495 e. The highest BCUT2D eigenvalue weighted by molar-refractivity contribution is 7.10. The number of amides is 2. The van der Waals surface area contributed by atoms with Crippen LogP contribution in [-0.4, -0.2) is 50.7 Å². The van der Waals surface area contributed by atoms with Gasteiger partial charge in [0.15, 0.2) is 17.5 Å². The molecule has 0 saturated carbocycles. The number of methoxy groups -OCH3 is 4. The van der Waals surface area contributed by atoms with E-state index in [0.717, 1.165) is 21.6 Å². The van der Waals surface area contributed by atoms with Crippen LogP contribution in [0.25, 0.3) is 21.6 Å². The van der Waals surface area contributed by atoms with E-state index in [1.807, 2.05) is 24.3 Å². The zero-order valence-electron chi connectivity index (χ0n) is 20.0. The summed E-state index contributed by atoms with van der Waals surface area (Å²) in [7, 11) is 6.20. The fourth-order valence-electron chi connectivity index (χ4n) is 3.52. The standard InChI is InChI=1S/C24H28N4O6S/c1-31-18-7-5-13(9-17(18)28-24(30)16(25)6-8-21(26)29)15-12-27-35-23(15)14-10-19(32-2)22(34-4)20(11-14)33-3/h5,7,9-12,16H,6,8,25H2,1-4H3,(H2,26,29)(H,28,30)/p+1/t16-/m1/s1. The van der Waals surface area contributed by atoms with Crippen molar-refractivity contribution >= 4 is 29.0 Å². The topological polar surface area (TPSA) is 150 Å². The van der Waals surface area contributed by atoms with Gasteiger partial charge in [0.25, 0.3) is 5.91 Å². The van der Waals surface area contributed by atoms with Crippen molar-refractivity contribution in [2.24, 2.45) is 5.73 Å². The third-order valence-corrected chi connectivity index (χ3v) is 6.22. The largest absolute Gasteiger partial charge is 0.495 e. The maximum atomic E-state index is 12.6. The van der Waals surface area contributed by atoms with Gasteiger partial charge in [0.2, 0.25) is 11.7 Å². The molecule has 1 aromatic heterocycles. The number of hydrogen-bond acceptors (Lipinski definition) is 8.